The number of nitrogens with zero attached hydrogens (tertiary/aromatic N) is 1. The number of carbonyl (C=O) groups is 1. The highest BCUT2D eigenvalue weighted by atomic mass is 32.2. The molecule has 1 aromatic rings. The molecule has 2 heterocycles. The third-order valence-corrected chi connectivity index (χ3v) is 7.31. The Morgan fingerprint density at radius 2 is 1.85 bits per heavy atom. The number of hydrogen-bond donors (Lipinski definition) is 1. The van der Waals surface area contributed by atoms with E-state index in [1.807, 2.05) is 11.8 Å². The number of alkyl halides is 1. The molecule has 33 heavy (non-hydrogen) atoms. The largest absolute Gasteiger partial charge is 0.463 e. The van der Waals surface area contributed by atoms with E-state index in [1.165, 1.54) is 54.6 Å². The molecule has 2 rings (SSSR count). The molecule has 1 saturated heterocycles. The van der Waals surface area contributed by atoms with Gasteiger partial charge in [-0.3, -0.25) is 14.3 Å². The highest BCUT2D eigenvalue weighted by Gasteiger charge is 2.37. The van der Waals surface area contributed by atoms with Crippen molar-refractivity contribution in [2.24, 2.45) is 0 Å². The third kappa shape index (κ3) is 10.3. The number of H-pyrrole nitrogens is 1. The van der Waals surface area contributed by atoms with Crippen LogP contribution in [0.15, 0.2) is 11.0 Å². The molecule has 1 fully saturated rings. The molecule has 0 aliphatic carbocycles. The second-order valence-electron chi connectivity index (χ2n) is 8.67. The van der Waals surface area contributed by atoms with Gasteiger partial charge in [0.2, 0.25) is 0 Å². The number of aromatic nitrogens is 2. The van der Waals surface area contributed by atoms with Crippen molar-refractivity contribution < 1.29 is 18.7 Å². The molecule has 3 atom stereocenters. The molecule has 0 unspecified atom stereocenters. The van der Waals surface area contributed by atoms with Crippen molar-refractivity contribution in [1.29, 1.82) is 0 Å². The molecule has 9 heteroatoms. The first-order chi connectivity index (χ1) is 15.9. The number of halogens is 1. The van der Waals surface area contributed by atoms with Crippen LogP contribution in [0.25, 0.3) is 0 Å². The number of rotatable bonds is 16. The van der Waals surface area contributed by atoms with Crippen molar-refractivity contribution in [2.45, 2.75) is 103 Å². The molecule has 0 aromatic carbocycles. The fraction of sp³-hybridized carbons (Fsp3) is 0.792. The standard InChI is InChI=1S/C24H39FN2O4S2/c1-3-33-14-12-10-8-6-4-5-7-9-11-13-22(28)30-17-20-19(25)15-21(31-20)27-16-18(2)23(32)26-24(27)29/h16,19-21H,3-15,17H2,1-2H3,(H,26,29,32)/t19-,20+,21+/m0/s1. The highest BCUT2D eigenvalue weighted by Crippen LogP contribution is 2.30. The van der Waals surface area contributed by atoms with E-state index in [0.717, 1.165) is 19.3 Å². The minimum absolute atomic E-state index is 0.0316. The Labute approximate surface area is 206 Å². The van der Waals surface area contributed by atoms with Gasteiger partial charge in [0, 0.05) is 24.6 Å². The smallest absolute Gasteiger partial charge is 0.328 e. The Morgan fingerprint density at radius 3 is 2.52 bits per heavy atom. The SMILES string of the molecule is CCSCCCCCCCCCCCC(=O)OC[C@H]1O[C@@H](n2cc(C)c(=S)[nH]c2=O)C[C@@H]1F. The van der Waals surface area contributed by atoms with E-state index in [1.54, 1.807) is 13.1 Å². The van der Waals surface area contributed by atoms with Crippen molar-refractivity contribution in [3.63, 3.8) is 0 Å². The number of aryl methyl sites for hydroxylation is 1. The number of carbonyl (C=O) groups excluding carboxylic acids is 1. The molecule has 0 amide bonds. The van der Waals surface area contributed by atoms with Gasteiger partial charge in [-0.25, -0.2) is 9.18 Å². The van der Waals surface area contributed by atoms with Crippen LogP contribution in [0.4, 0.5) is 4.39 Å². The van der Waals surface area contributed by atoms with E-state index in [-0.39, 0.29) is 19.0 Å². The lowest BCUT2D eigenvalue weighted by atomic mass is 10.1. The predicted octanol–water partition coefficient (Wildman–Crippen LogP) is 6.04. The van der Waals surface area contributed by atoms with Crippen LogP contribution in [0, 0.1) is 11.6 Å². The number of unbranched alkanes of at least 4 members (excludes halogenated alkanes) is 8. The van der Waals surface area contributed by atoms with Gasteiger partial charge in [0.25, 0.3) is 0 Å². The Bertz CT molecular complexity index is 829. The van der Waals surface area contributed by atoms with E-state index in [2.05, 4.69) is 11.9 Å². The lowest BCUT2D eigenvalue weighted by Gasteiger charge is -2.16. The monoisotopic (exact) mass is 502 g/mol. The van der Waals surface area contributed by atoms with Gasteiger partial charge < -0.3 is 9.47 Å². The highest BCUT2D eigenvalue weighted by molar-refractivity contribution is 7.99. The number of ether oxygens (including phenoxy) is 2. The summed E-state index contributed by atoms with van der Waals surface area (Å²) in [5, 5.41) is 0. The van der Waals surface area contributed by atoms with Crippen molar-refractivity contribution in [3.05, 3.63) is 26.9 Å². The Balaban J connectivity index is 1.54. The zero-order valence-electron chi connectivity index (χ0n) is 20.0. The number of nitrogens with one attached hydrogen (secondary N) is 1. The van der Waals surface area contributed by atoms with Gasteiger partial charge in [-0.1, -0.05) is 64.1 Å². The van der Waals surface area contributed by atoms with Crippen molar-refractivity contribution in [1.82, 2.24) is 9.55 Å². The van der Waals surface area contributed by atoms with Gasteiger partial charge in [0.05, 0.1) is 0 Å². The van der Waals surface area contributed by atoms with E-state index >= 15 is 0 Å². The van der Waals surface area contributed by atoms with Gasteiger partial charge in [-0.05, 0) is 31.3 Å². The molecule has 6 nitrogen and oxygen atoms in total. The average Bonchev–Trinajstić information content (AvgIpc) is 3.15. The van der Waals surface area contributed by atoms with Crippen LogP contribution in [0.3, 0.4) is 0 Å². The van der Waals surface area contributed by atoms with Crippen LogP contribution in [-0.4, -0.2) is 45.9 Å². The second kappa shape index (κ2) is 15.7. The van der Waals surface area contributed by atoms with Crippen LogP contribution < -0.4 is 5.69 Å². The summed E-state index contributed by atoms with van der Waals surface area (Å²) in [4.78, 5) is 26.7. The number of aromatic amines is 1. The Morgan fingerprint density at radius 1 is 1.21 bits per heavy atom. The summed E-state index contributed by atoms with van der Waals surface area (Å²) in [7, 11) is 0. The van der Waals surface area contributed by atoms with Gasteiger partial charge >= 0.3 is 11.7 Å². The molecule has 0 bridgehead atoms. The summed E-state index contributed by atoms with van der Waals surface area (Å²) in [6, 6.07) is 0. The van der Waals surface area contributed by atoms with Crippen LogP contribution in [0.2, 0.25) is 0 Å². The molecule has 0 saturated carbocycles. The minimum Gasteiger partial charge on any atom is -0.463 e. The molecule has 1 aromatic heterocycles. The number of esters is 1. The van der Waals surface area contributed by atoms with Crippen LogP contribution >= 0.6 is 24.0 Å². The topological polar surface area (TPSA) is 73.3 Å². The van der Waals surface area contributed by atoms with Crippen molar-refractivity contribution >= 4 is 29.9 Å². The summed E-state index contributed by atoms with van der Waals surface area (Å²) in [6.07, 6.45) is 9.72. The lowest BCUT2D eigenvalue weighted by Crippen LogP contribution is -2.28. The van der Waals surface area contributed by atoms with E-state index in [0.29, 0.717) is 16.6 Å². The first-order valence-corrected chi connectivity index (χ1v) is 13.8. The maximum absolute atomic E-state index is 14.4. The van der Waals surface area contributed by atoms with Gasteiger partial charge in [0.1, 0.15) is 29.8 Å². The Hall–Kier alpha value is -1.19. The predicted molar refractivity (Wildman–Crippen MR) is 134 cm³/mol. The molecule has 1 aliphatic heterocycles. The average molecular weight is 503 g/mol. The first kappa shape index (κ1) is 28.1. The van der Waals surface area contributed by atoms with Gasteiger partial charge in [-0.2, -0.15) is 11.8 Å². The van der Waals surface area contributed by atoms with Crippen molar-refractivity contribution in [2.75, 3.05) is 18.1 Å². The summed E-state index contributed by atoms with van der Waals surface area (Å²) in [5.74, 6) is 2.18. The summed E-state index contributed by atoms with van der Waals surface area (Å²) < 4.78 is 26.9. The van der Waals surface area contributed by atoms with Crippen LogP contribution in [0.1, 0.15) is 89.3 Å². The van der Waals surface area contributed by atoms with Gasteiger partial charge in [-0.15, -0.1) is 0 Å². The molecule has 1 aliphatic rings. The second-order valence-corrected chi connectivity index (χ2v) is 10.5. The zero-order chi connectivity index (χ0) is 24.1. The maximum Gasteiger partial charge on any atom is 0.328 e. The van der Waals surface area contributed by atoms with E-state index in [9.17, 15) is 14.0 Å². The lowest BCUT2D eigenvalue weighted by molar-refractivity contribution is -0.149. The van der Waals surface area contributed by atoms with Crippen molar-refractivity contribution in [3.8, 4) is 0 Å². The van der Waals surface area contributed by atoms with E-state index < -0.39 is 24.2 Å². The van der Waals surface area contributed by atoms with Crippen LogP contribution in [0.5, 0.6) is 0 Å². The quantitative estimate of drug-likeness (QED) is 0.169. The maximum atomic E-state index is 14.4. The summed E-state index contributed by atoms with van der Waals surface area (Å²) >= 11 is 7.06. The van der Waals surface area contributed by atoms with E-state index in [4.69, 9.17) is 21.7 Å². The molecule has 0 radical (unpaired) electrons. The van der Waals surface area contributed by atoms with Crippen LogP contribution in [-0.2, 0) is 14.3 Å². The molecular formula is C24H39FN2O4S2. The number of hydrogen-bond acceptors (Lipinski definition) is 6. The molecule has 188 valence electrons. The normalized spacial score (nSPS) is 20.3. The molecular weight excluding hydrogens is 463 g/mol. The Kier molecular flexibility index (Phi) is 13.3. The fourth-order valence-corrected chi connectivity index (χ4v) is 4.75. The molecule has 0 spiro atoms. The minimum atomic E-state index is -1.30. The van der Waals surface area contributed by atoms with Gasteiger partial charge in [0.15, 0.2) is 0 Å². The molecule has 1 N–H and O–H groups in total. The summed E-state index contributed by atoms with van der Waals surface area (Å²) in [5.41, 5.74) is 0.270. The zero-order valence-corrected chi connectivity index (χ0v) is 21.6. The fourth-order valence-electron chi connectivity index (χ4n) is 3.91. The summed E-state index contributed by atoms with van der Waals surface area (Å²) in [6.45, 7) is 3.84. The first-order valence-electron chi connectivity index (χ1n) is 12.3. The number of thioether (sulfide) groups is 1. The third-order valence-electron chi connectivity index (χ3n) is 5.90.